The van der Waals surface area contributed by atoms with E-state index in [1.165, 1.54) is 0 Å². The van der Waals surface area contributed by atoms with Gasteiger partial charge in [-0.1, -0.05) is 0 Å². The zero-order valence-electron chi connectivity index (χ0n) is 12.9. The Morgan fingerprint density at radius 2 is 2.14 bits per heavy atom. The molecule has 21 heavy (non-hydrogen) atoms. The van der Waals surface area contributed by atoms with Crippen LogP contribution in [0.25, 0.3) is 0 Å². The normalized spacial score (nSPS) is 21.1. The molecule has 114 valence electrons. The lowest BCUT2D eigenvalue weighted by Crippen LogP contribution is -2.35. The van der Waals surface area contributed by atoms with Gasteiger partial charge in [0.1, 0.15) is 0 Å². The number of rotatable bonds is 4. The minimum atomic E-state index is -0.356. The molecule has 0 radical (unpaired) electrons. The van der Waals surface area contributed by atoms with E-state index < -0.39 is 0 Å². The number of carbonyl (C=O) groups is 2. The molecule has 1 unspecified atom stereocenters. The lowest BCUT2D eigenvalue weighted by Gasteiger charge is -2.22. The molecule has 5 nitrogen and oxygen atoms in total. The first-order chi connectivity index (χ1) is 9.96. The molecular formula is C16H23N3O2. The first kappa shape index (κ1) is 15.5. The molecule has 1 aliphatic heterocycles. The van der Waals surface area contributed by atoms with E-state index in [2.05, 4.69) is 16.0 Å². The van der Waals surface area contributed by atoms with Crippen LogP contribution >= 0.6 is 0 Å². The van der Waals surface area contributed by atoms with Crippen molar-refractivity contribution in [1.29, 1.82) is 0 Å². The van der Waals surface area contributed by atoms with Gasteiger partial charge in [-0.05, 0) is 57.5 Å². The Kier molecular flexibility index (Phi) is 4.63. The van der Waals surface area contributed by atoms with Gasteiger partial charge >= 0.3 is 0 Å². The van der Waals surface area contributed by atoms with Crippen LogP contribution in [-0.4, -0.2) is 31.4 Å². The van der Waals surface area contributed by atoms with Crippen LogP contribution in [0.2, 0.25) is 0 Å². The van der Waals surface area contributed by atoms with Crippen molar-refractivity contribution in [2.24, 2.45) is 5.41 Å². The molecule has 0 saturated carbocycles. The first-order valence-electron chi connectivity index (χ1n) is 7.37. The van der Waals surface area contributed by atoms with Gasteiger partial charge in [0.05, 0.1) is 5.41 Å². The maximum Gasteiger partial charge on any atom is 0.251 e. The Hall–Kier alpha value is -1.88. The highest BCUT2D eigenvalue weighted by atomic mass is 16.2. The summed E-state index contributed by atoms with van der Waals surface area (Å²) in [5, 5.41) is 8.96. The lowest BCUT2D eigenvalue weighted by molar-refractivity contribution is -0.123. The molecule has 1 fully saturated rings. The third kappa shape index (κ3) is 3.42. The average Bonchev–Trinajstić information content (AvgIpc) is 2.89. The monoisotopic (exact) mass is 289 g/mol. The average molecular weight is 289 g/mol. The number of hydrogen-bond donors (Lipinski definition) is 3. The molecule has 1 heterocycles. The molecule has 0 bridgehead atoms. The second-order valence-electron chi connectivity index (χ2n) is 5.83. The molecule has 1 aliphatic rings. The predicted molar refractivity (Wildman–Crippen MR) is 83.4 cm³/mol. The Bertz CT molecular complexity index is 548. The predicted octanol–water partition coefficient (Wildman–Crippen LogP) is 1.68. The fourth-order valence-corrected chi connectivity index (χ4v) is 2.49. The summed E-state index contributed by atoms with van der Waals surface area (Å²) < 4.78 is 0. The third-order valence-electron chi connectivity index (χ3n) is 3.99. The van der Waals surface area contributed by atoms with Crippen molar-refractivity contribution in [2.45, 2.75) is 27.2 Å². The Morgan fingerprint density at radius 3 is 2.71 bits per heavy atom. The molecule has 2 amide bonds. The number of anilines is 1. The Morgan fingerprint density at radius 1 is 1.38 bits per heavy atom. The van der Waals surface area contributed by atoms with Crippen LogP contribution < -0.4 is 16.0 Å². The molecule has 1 aromatic carbocycles. The molecule has 5 heteroatoms. The molecule has 1 atom stereocenters. The van der Waals surface area contributed by atoms with E-state index in [9.17, 15) is 9.59 Å². The fraction of sp³-hybridized carbons (Fsp3) is 0.500. The zero-order chi connectivity index (χ0) is 15.5. The molecular weight excluding hydrogens is 266 g/mol. The number of amides is 2. The quantitative estimate of drug-likeness (QED) is 0.790. The Balaban J connectivity index is 2.11. The standard InChI is InChI=1S/C16H23N3O2/c1-4-18-14(20)12-5-6-13(11(2)9-12)19-15(21)16(3)7-8-17-10-16/h5-6,9,17H,4,7-8,10H2,1-3H3,(H,18,20)(H,19,21). The van der Waals surface area contributed by atoms with Crippen LogP contribution in [-0.2, 0) is 4.79 Å². The van der Waals surface area contributed by atoms with Crippen LogP contribution in [0, 0.1) is 12.3 Å². The highest BCUT2D eigenvalue weighted by molar-refractivity contribution is 5.98. The molecule has 1 saturated heterocycles. The van der Waals surface area contributed by atoms with Crippen LogP contribution in [0.4, 0.5) is 5.69 Å². The van der Waals surface area contributed by atoms with Gasteiger partial charge in [-0.2, -0.15) is 0 Å². The van der Waals surface area contributed by atoms with Gasteiger partial charge < -0.3 is 16.0 Å². The van der Waals surface area contributed by atoms with Gasteiger partial charge in [0.15, 0.2) is 0 Å². The number of carbonyl (C=O) groups excluding carboxylic acids is 2. The zero-order valence-corrected chi connectivity index (χ0v) is 12.9. The van der Waals surface area contributed by atoms with Gasteiger partial charge in [-0.3, -0.25) is 9.59 Å². The summed E-state index contributed by atoms with van der Waals surface area (Å²) in [6, 6.07) is 5.34. The minimum Gasteiger partial charge on any atom is -0.352 e. The van der Waals surface area contributed by atoms with E-state index in [0.29, 0.717) is 18.7 Å². The Labute approximate surface area is 125 Å². The second-order valence-corrected chi connectivity index (χ2v) is 5.83. The van der Waals surface area contributed by atoms with Crippen molar-refractivity contribution >= 4 is 17.5 Å². The van der Waals surface area contributed by atoms with E-state index in [1.54, 1.807) is 18.2 Å². The summed E-state index contributed by atoms with van der Waals surface area (Å²) in [6.45, 7) is 7.93. The number of benzene rings is 1. The summed E-state index contributed by atoms with van der Waals surface area (Å²) in [5.74, 6) is -0.0632. The first-order valence-corrected chi connectivity index (χ1v) is 7.37. The summed E-state index contributed by atoms with van der Waals surface area (Å²) in [4.78, 5) is 24.2. The summed E-state index contributed by atoms with van der Waals surface area (Å²) >= 11 is 0. The van der Waals surface area contributed by atoms with Crippen LogP contribution in [0.3, 0.4) is 0 Å². The minimum absolute atomic E-state index is 0.0290. The van der Waals surface area contributed by atoms with Gasteiger partial charge in [-0.15, -0.1) is 0 Å². The lowest BCUT2D eigenvalue weighted by atomic mass is 9.88. The molecule has 1 aromatic rings. The van der Waals surface area contributed by atoms with Crippen molar-refractivity contribution in [1.82, 2.24) is 10.6 Å². The van der Waals surface area contributed by atoms with Crippen LogP contribution in [0.5, 0.6) is 0 Å². The number of nitrogens with one attached hydrogen (secondary N) is 3. The number of hydrogen-bond acceptors (Lipinski definition) is 3. The maximum absolute atomic E-state index is 12.4. The van der Waals surface area contributed by atoms with Crippen LogP contribution in [0.15, 0.2) is 18.2 Å². The molecule has 3 N–H and O–H groups in total. The summed E-state index contributed by atoms with van der Waals surface area (Å²) in [6.07, 6.45) is 0.842. The van der Waals surface area contributed by atoms with Crippen molar-refractivity contribution in [3.05, 3.63) is 29.3 Å². The van der Waals surface area contributed by atoms with Gasteiger partial charge in [-0.25, -0.2) is 0 Å². The van der Waals surface area contributed by atoms with Crippen molar-refractivity contribution in [3.8, 4) is 0 Å². The second kappa shape index (κ2) is 6.26. The van der Waals surface area contributed by atoms with Crippen molar-refractivity contribution < 1.29 is 9.59 Å². The van der Waals surface area contributed by atoms with Crippen molar-refractivity contribution in [2.75, 3.05) is 25.0 Å². The largest absolute Gasteiger partial charge is 0.352 e. The highest BCUT2D eigenvalue weighted by Crippen LogP contribution is 2.27. The topological polar surface area (TPSA) is 70.2 Å². The summed E-state index contributed by atoms with van der Waals surface area (Å²) in [7, 11) is 0. The molecule has 0 aromatic heterocycles. The van der Waals surface area contributed by atoms with Crippen molar-refractivity contribution in [3.63, 3.8) is 0 Å². The highest BCUT2D eigenvalue weighted by Gasteiger charge is 2.36. The van der Waals surface area contributed by atoms with Gasteiger partial charge in [0.25, 0.3) is 5.91 Å². The number of aryl methyl sites for hydroxylation is 1. The van der Waals surface area contributed by atoms with E-state index in [4.69, 9.17) is 0 Å². The fourth-order valence-electron chi connectivity index (χ4n) is 2.49. The van der Waals surface area contributed by atoms with E-state index in [1.807, 2.05) is 20.8 Å². The maximum atomic E-state index is 12.4. The van der Waals surface area contributed by atoms with Crippen LogP contribution in [0.1, 0.15) is 36.2 Å². The SMILES string of the molecule is CCNC(=O)c1ccc(NC(=O)C2(C)CCNC2)c(C)c1. The summed E-state index contributed by atoms with van der Waals surface area (Å²) in [5.41, 5.74) is 1.91. The van der Waals surface area contributed by atoms with Gasteiger partial charge in [0.2, 0.25) is 5.91 Å². The van der Waals surface area contributed by atoms with E-state index in [-0.39, 0.29) is 17.2 Å². The molecule has 2 rings (SSSR count). The third-order valence-corrected chi connectivity index (χ3v) is 3.99. The smallest absolute Gasteiger partial charge is 0.251 e. The van der Waals surface area contributed by atoms with Gasteiger partial charge in [0, 0.05) is 24.3 Å². The van der Waals surface area contributed by atoms with E-state index in [0.717, 1.165) is 24.2 Å². The molecule has 0 spiro atoms. The van der Waals surface area contributed by atoms with E-state index >= 15 is 0 Å². The molecule has 0 aliphatic carbocycles.